The third-order valence-electron chi connectivity index (χ3n) is 5.38. The van der Waals surface area contributed by atoms with Crippen LogP contribution in [0.4, 0.5) is 4.79 Å². The standard InChI is InChI=1S/C24H24N2O4/c1-15-7-6-12-21(26-15)23(28)22(27)13-25-24(29)30-14-20-18-10-4-2-8-16(18)17-9-3-5-11-19(17)20/h2-12,20,22-23,27-28H,13-14H2,1H3,(H,25,29). The van der Waals surface area contributed by atoms with Crippen LogP contribution in [0.1, 0.15) is 34.5 Å². The highest BCUT2D eigenvalue weighted by Gasteiger charge is 2.29. The number of alkyl carbamates (subject to hydrolysis) is 1. The van der Waals surface area contributed by atoms with Gasteiger partial charge in [-0.3, -0.25) is 4.98 Å². The summed E-state index contributed by atoms with van der Waals surface area (Å²) < 4.78 is 5.44. The van der Waals surface area contributed by atoms with Crippen molar-refractivity contribution in [2.24, 2.45) is 0 Å². The van der Waals surface area contributed by atoms with E-state index in [1.807, 2.05) is 24.3 Å². The number of hydrogen-bond acceptors (Lipinski definition) is 5. The SMILES string of the molecule is Cc1cccc(C(O)C(O)CNC(=O)OCC2c3ccccc3-c3ccccc32)n1. The molecule has 6 heteroatoms. The molecule has 6 nitrogen and oxygen atoms in total. The van der Waals surface area contributed by atoms with E-state index < -0.39 is 18.3 Å². The van der Waals surface area contributed by atoms with Crippen LogP contribution in [0.25, 0.3) is 11.1 Å². The Labute approximate surface area is 175 Å². The van der Waals surface area contributed by atoms with Crippen molar-refractivity contribution >= 4 is 6.09 Å². The van der Waals surface area contributed by atoms with Crippen LogP contribution in [0.3, 0.4) is 0 Å². The molecule has 1 amide bonds. The number of hydrogen-bond donors (Lipinski definition) is 3. The first kappa shape index (κ1) is 20.1. The van der Waals surface area contributed by atoms with Gasteiger partial charge < -0.3 is 20.3 Å². The Morgan fingerprint density at radius 3 is 2.27 bits per heavy atom. The van der Waals surface area contributed by atoms with Crippen molar-refractivity contribution in [2.45, 2.75) is 25.0 Å². The molecule has 154 valence electrons. The van der Waals surface area contributed by atoms with Crippen molar-refractivity contribution in [1.29, 1.82) is 0 Å². The topological polar surface area (TPSA) is 91.7 Å². The fraction of sp³-hybridized carbons (Fsp3) is 0.250. The summed E-state index contributed by atoms with van der Waals surface area (Å²) in [5.41, 5.74) is 5.68. The fourth-order valence-corrected chi connectivity index (χ4v) is 3.87. The Bertz CT molecular complexity index is 1010. The number of rotatable bonds is 6. The van der Waals surface area contributed by atoms with Crippen LogP contribution in [0.2, 0.25) is 0 Å². The van der Waals surface area contributed by atoms with Gasteiger partial charge in [0.15, 0.2) is 0 Å². The molecular weight excluding hydrogens is 380 g/mol. The molecule has 0 saturated carbocycles. The largest absolute Gasteiger partial charge is 0.449 e. The molecule has 0 fully saturated rings. The van der Waals surface area contributed by atoms with Gasteiger partial charge in [0.1, 0.15) is 18.8 Å². The van der Waals surface area contributed by atoms with Crippen molar-refractivity contribution in [3.8, 4) is 11.1 Å². The molecule has 3 aromatic rings. The molecule has 30 heavy (non-hydrogen) atoms. The molecule has 1 aromatic heterocycles. The minimum atomic E-state index is -1.20. The van der Waals surface area contributed by atoms with Crippen LogP contribution in [0.5, 0.6) is 0 Å². The summed E-state index contributed by atoms with van der Waals surface area (Å²) in [6, 6.07) is 21.4. The van der Waals surface area contributed by atoms with Crippen LogP contribution < -0.4 is 5.32 Å². The van der Waals surface area contributed by atoms with Crippen LogP contribution in [-0.4, -0.2) is 40.5 Å². The monoisotopic (exact) mass is 404 g/mol. The van der Waals surface area contributed by atoms with Gasteiger partial charge in [-0.1, -0.05) is 54.6 Å². The Hall–Kier alpha value is -3.22. The van der Waals surface area contributed by atoms with Gasteiger partial charge in [-0.25, -0.2) is 4.79 Å². The smallest absolute Gasteiger partial charge is 0.407 e. The number of carbonyl (C=O) groups is 1. The second-order valence-corrected chi connectivity index (χ2v) is 7.42. The second kappa shape index (κ2) is 8.65. The molecule has 0 bridgehead atoms. The van der Waals surface area contributed by atoms with Gasteiger partial charge in [-0.15, -0.1) is 0 Å². The number of fused-ring (bicyclic) bond motifs is 3. The number of aromatic nitrogens is 1. The molecule has 0 saturated heterocycles. The number of carbonyl (C=O) groups excluding carboxylic acids is 1. The maximum Gasteiger partial charge on any atom is 0.407 e. The van der Waals surface area contributed by atoms with E-state index in [2.05, 4.69) is 34.6 Å². The first-order chi connectivity index (χ1) is 14.5. The summed E-state index contributed by atoms with van der Waals surface area (Å²) in [6.45, 7) is 1.85. The van der Waals surface area contributed by atoms with Crippen molar-refractivity contribution in [3.63, 3.8) is 0 Å². The number of nitrogens with one attached hydrogen (secondary N) is 1. The second-order valence-electron chi connectivity index (χ2n) is 7.42. The van der Waals surface area contributed by atoms with E-state index in [9.17, 15) is 15.0 Å². The highest BCUT2D eigenvalue weighted by atomic mass is 16.5. The van der Waals surface area contributed by atoms with Gasteiger partial charge in [0.25, 0.3) is 0 Å². The van der Waals surface area contributed by atoms with Gasteiger partial charge in [-0.05, 0) is 41.3 Å². The number of ether oxygens (including phenoxy) is 1. The molecule has 0 spiro atoms. The normalized spacial score (nSPS) is 14.5. The number of amides is 1. The average Bonchev–Trinajstić information content (AvgIpc) is 3.09. The quantitative estimate of drug-likeness (QED) is 0.586. The minimum absolute atomic E-state index is 0.0323. The molecule has 2 aromatic carbocycles. The average molecular weight is 404 g/mol. The lowest BCUT2D eigenvalue weighted by Gasteiger charge is -2.19. The summed E-state index contributed by atoms with van der Waals surface area (Å²) in [4.78, 5) is 16.4. The molecule has 4 rings (SSSR count). The highest BCUT2D eigenvalue weighted by Crippen LogP contribution is 2.44. The van der Waals surface area contributed by atoms with E-state index in [-0.39, 0.29) is 19.1 Å². The Kier molecular flexibility index (Phi) is 5.79. The third kappa shape index (κ3) is 4.06. The lowest BCUT2D eigenvalue weighted by atomic mass is 9.98. The van der Waals surface area contributed by atoms with E-state index in [1.54, 1.807) is 25.1 Å². The molecule has 2 unspecified atom stereocenters. The Balaban J connectivity index is 1.34. The molecular formula is C24H24N2O4. The van der Waals surface area contributed by atoms with Crippen molar-refractivity contribution in [1.82, 2.24) is 10.3 Å². The van der Waals surface area contributed by atoms with Gasteiger partial charge in [-0.2, -0.15) is 0 Å². The zero-order chi connectivity index (χ0) is 21.1. The van der Waals surface area contributed by atoms with E-state index in [0.29, 0.717) is 5.69 Å². The number of aliphatic hydroxyl groups is 2. The molecule has 0 aliphatic heterocycles. The fourth-order valence-electron chi connectivity index (χ4n) is 3.87. The van der Waals surface area contributed by atoms with E-state index in [4.69, 9.17) is 4.74 Å². The number of aryl methyl sites for hydroxylation is 1. The number of aliphatic hydroxyl groups excluding tert-OH is 2. The first-order valence-corrected chi connectivity index (χ1v) is 9.93. The van der Waals surface area contributed by atoms with Crippen molar-refractivity contribution < 1.29 is 19.7 Å². The number of benzene rings is 2. The predicted octanol–water partition coefficient (Wildman–Crippen LogP) is 3.32. The summed E-state index contributed by atoms with van der Waals surface area (Å²) >= 11 is 0. The van der Waals surface area contributed by atoms with E-state index in [0.717, 1.165) is 27.9 Å². The number of pyridine rings is 1. The first-order valence-electron chi connectivity index (χ1n) is 9.93. The molecule has 0 radical (unpaired) electrons. The number of nitrogens with zero attached hydrogens (tertiary/aromatic N) is 1. The predicted molar refractivity (Wildman–Crippen MR) is 113 cm³/mol. The molecule has 1 aliphatic carbocycles. The van der Waals surface area contributed by atoms with Crippen LogP contribution in [0.15, 0.2) is 66.7 Å². The van der Waals surface area contributed by atoms with Crippen LogP contribution >= 0.6 is 0 Å². The Morgan fingerprint density at radius 2 is 1.63 bits per heavy atom. The van der Waals surface area contributed by atoms with Gasteiger partial charge in [0.05, 0.1) is 5.69 Å². The molecule has 2 atom stereocenters. The zero-order valence-corrected chi connectivity index (χ0v) is 16.7. The van der Waals surface area contributed by atoms with Crippen LogP contribution in [0, 0.1) is 6.92 Å². The third-order valence-corrected chi connectivity index (χ3v) is 5.38. The van der Waals surface area contributed by atoms with Crippen molar-refractivity contribution in [3.05, 3.63) is 89.2 Å². The van der Waals surface area contributed by atoms with Gasteiger partial charge >= 0.3 is 6.09 Å². The molecule has 3 N–H and O–H groups in total. The zero-order valence-electron chi connectivity index (χ0n) is 16.7. The molecule has 1 heterocycles. The molecule has 1 aliphatic rings. The summed E-state index contributed by atoms with van der Waals surface area (Å²) in [5, 5.41) is 23.0. The van der Waals surface area contributed by atoms with Gasteiger partial charge in [0.2, 0.25) is 0 Å². The Morgan fingerprint density at radius 1 is 1.00 bits per heavy atom. The van der Waals surface area contributed by atoms with Crippen molar-refractivity contribution in [2.75, 3.05) is 13.2 Å². The van der Waals surface area contributed by atoms with Crippen LogP contribution in [-0.2, 0) is 4.74 Å². The summed E-state index contributed by atoms with van der Waals surface area (Å²) in [7, 11) is 0. The maximum absolute atomic E-state index is 12.2. The van der Waals surface area contributed by atoms with E-state index in [1.165, 1.54) is 0 Å². The van der Waals surface area contributed by atoms with Gasteiger partial charge in [0, 0.05) is 18.2 Å². The highest BCUT2D eigenvalue weighted by molar-refractivity contribution is 5.79. The summed E-state index contributed by atoms with van der Waals surface area (Å²) in [6.07, 6.45) is -3.03. The lowest BCUT2D eigenvalue weighted by Crippen LogP contribution is -2.36. The minimum Gasteiger partial charge on any atom is -0.449 e. The summed E-state index contributed by atoms with van der Waals surface area (Å²) in [5.74, 6) is -0.0323. The maximum atomic E-state index is 12.2. The van der Waals surface area contributed by atoms with E-state index >= 15 is 0 Å². The lowest BCUT2D eigenvalue weighted by molar-refractivity contribution is 0.0160.